The molecule has 0 fully saturated rings. The van der Waals surface area contributed by atoms with Crippen LogP contribution in [0.4, 0.5) is 22.7 Å². The van der Waals surface area contributed by atoms with Crippen LogP contribution in [0.5, 0.6) is 0 Å². The lowest BCUT2D eigenvalue weighted by Crippen LogP contribution is -2.43. The standard InChI is InChI=1S/C39H27N2O/c1-39(2)28-13-5-3-10-24(28)25-19-18-23(22-29(25)39)40-30-14-6-7-15-31(30)41-32-20-21-35-37(26-11-4-8-17-34(26)42-35)36(32)27-12-9-16-33(40)38(27)41/h3-22,38H,1-2H3/q+1. The molecule has 198 valence electrons. The molecular formula is C39H27N2O+. The molecule has 1 unspecified atom stereocenters. The van der Waals surface area contributed by atoms with Gasteiger partial charge < -0.3 is 9.32 Å². The number of hydrogen-bond donors (Lipinski definition) is 0. The van der Waals surface area contributed by atoms with Crippen LogP contribution in [0.2, 0.25) is 0 Å². The molecule has 1 atom stereocenters. The van der Waals surface area contributed by atoms with Crippen LogP contribution in [0.1, 0.15) is 30.5 Å². The van der Waals surface area contributed by atoms with Gasteiger partial charge in [0.05, 0.1) is 5.69 Å². The summed E-state index contributed by atoms with van der Waals surface area (Å²) in [6, 6.07) is 37.7. The number of para-hydroxylation sites is 3. The molecule has 42 heavy (non-hydrogen) atoms. The van der Waals surface area contributed by atoms with Crippen molar-refractivity contribution in [3.63, 3.8) is 0 Å². The minimum Gasteiger partial charge on any atom is -0.456 e. The number of furan rings is 1. The third-order valence-corrected chi connectivity index (χ3v) is 9.91. The van der Waals surface area contributed by atoms with Crippen LogP contribution in [0.3, 0.4) is 0 Å². The van der Waals surface area contributed by atoms with Gasteiger partial charge in [-0.15, -0.1) is 0 Å². The second-order valence-electron chi connectivity index (χ2n) is 12.3. The number of benzene rings is 5. The molecule has 0 saturated carbocycles. The van der Waals surface area contributed by atoms with E-state index in [1.807, 2.05) is 6.07 Å². The van der Waals surface area contributed by atoms with Crippen molar-refractivity contribution in [1.82, 2.24) is 4.58 Å². The summed E-state index contributed by atoms with van der Waals surface area (Å²) in [4.78, 5) is 2.54. The Bertz CT molecular complexity index is 2290. The maximum Gasteiger partial charge on any atom is 0.235 e. The number of hydrogen-bond acceptors (Lipinski definition) is 2. The second-order valence-corrected chi connectivity index (χ2v) is 12.3. The van der Waals surface area contributed by atoms with E-state index in [2.05, 4.69) is 139 Å². The molecule has 6 aromatic rings. The average molecular weight is 540 g/mol. The molecule has 10 rings (SSSR count). The highest BCUT2D eigenvalue weighted by Crippen LogP contribution is 2.56. The first-order valence-corrected chi connectivity index (χ1v) is 14.7. The van der Waals surface area contributed by atoms with Gasteiger partial charge in [-0.3, -0.25) is 0 Å². The highest BCUT2D eigenvalue weighted by Gasteiger charge is 2.49. The van der Waals surface area contributed by atoms with E-state index in [1.165, 1.54) is 72.6 Å². The van der Waals surface area contributed by atoms with Gasteiger partial charge in [0.15, 0.2) is 0 Å². The Balaban J connectivity index is 1.25. The van der Waals surface area contributed by atoms with E-state index in [4.69, 9.17) is 4.42 Å². The van der Waals surface area contributed by atoms with Gasteiger partial charge in [0, 0.05) is 46.0 Å². The fraction of sp³-hybridized carbons (Fsp3) is 0.103. The number of anilines is 2. The third kappa shape index (κ3) is 2.60. The van der Waals surface area contributed by atoms with Crippen molar-refractivity contribution >= 4 is 56.0 Å². The lowest BCUT2D eigenvalue weighted by atomic mass is 9.82. The molecule has 0 radical (unpaired) electrons. The Morgan fingerprint density at radius 3 is 2.50 bits per heavy atom. The van der Waals surface area contributed by atoms with Gasteiger partial charge in [-0.05, 0) is 58.2 Å². The summed E-state index contributed by atoms with van der Waals surface area (Å²) in [6.45, 7) is 4.71. The van der Waals surface area contributed by atoms with Gasteiger partial charge in [-0.25, -0.2) is 0 Å². The van der Waals surface area contributed by atoms with Gasteiger partial charge >= 0.3 is 0 Å². The van der Waals surface area contributed by atoms with E-state index in [0.717, 1.165) is 11.2 Å². The molecule has 1 aromatic heterocycles. The second kappa shape index (κ2) is 7.57. The van der Waals surface area contributed by atoms with Crippen molar-refractivity contribution in [3.8, 4) is 11.1 Å². The van der Waals surface area contributed by atoms with Crippen molar-refractivity contribution in [3.05, 3.63) is 138 Å². The zero-order chi connectivity index (χ0) is 27.7. The summed E-state index contributed by atoms with van der Waals surface area (Å²) >= 11 is 0. The van der Waals surface area contributed by atoms with Crippen LogP contribution in [0, 0.1) is 0 Å². The summed E-state index contributed by atoms with van der Waals surface area (Å²) in [5.74, 6) is 0. The zero-order valence-electron chi connectivity index (χ0n) is 23.4. The highest BCUT2D eigenvalue weighted by atomic mass is 16.3. The molecule has 4 aliphatic rings. The molecule has 5 aromatic carbocycles. The normalized spacial score (nSPS) is 18.6. The summed E-state index contributed by atoms with van der Waals surface area (Å²) in [5, 5.41) is 2.38. The summed E-state index contributed by atoms with van der Waals surface area (Å²) < 4.78 is 8.83. The quantitative estimate of drug-likeness (QED) is 0.194. The first-order valence-electron chi connectivity index (χ1n) is 14.7. The Hall–Kier alpha value is -5.15. The Morgan fingerprint density at radius 2 is 1.55 bits per heavy atom. The van der Waals surface area contributed by atoms with Crippen LogP contribution in [-0.2, 0) is 5.41 Å². The molecule has 2 aliphatic carbocycles. The molecular weight excluding hydrogens is 512 g/mol. The van der Waals surface area contributed by atoms with Gasteiger partial charge in [0.25, 0.3) is 0 Å². The molecule has 3 nitrogen and oxygen atoms in total. The molecule has 0 N–H and O–H groups in total. The minimum absolute atomic E-state index is 0.0566. The fourth-order valence-corrected chi connectivity index (χ4v) is 8.10. The largest absolute Gasteiger partial charge is 0.456 e. The van der Waals surface area contributed by atoms with E-state index in [-0.39, 0.29) is 11.5 Å². The van der Waals surface area contributed by atoms with Crippen LogP contribution < -0.4 is 9.48 Å². The molecule has 0 saturated heterocycles. The monoisotopic (exact) mass is 539 g/mol. The maximum absolute atomic E-state index is 6.34. The Labute approximate surface area is 244 Å². The molecule has 0 amide bonds. The van der Waals surface area contributed by atoms with Crippen LogP contribution in [0.15, 0.2) is 126 Å². The molecule has 0 bridgehead atoms. The van der Waals surface area contributed by atoms with Gasteiger partial charge in [-0.1, -0.05) is 80.6 Å². The predicted octanol–water partition coefficient (Wildman–Crippen LogP) is 9.66. The van der Waals surface area contributed by atoms with E-state index >= 15 is 0 Å². The van der Waals surface area contributed by atoms with Gasteiger partial charge in [-0.2, -0.15) is 4.58 Å². The number of nitrogens with zero attached hydrogens (tertiary/aromatic N) is 2. The minimum atomic E-state index is -0.0566. The first kappa shape index (κ1) is 22.5. The molecule has 3 heteroatoms. The fourth-order valence-electron chi connectivity index (χ4n) is 8.10. The van der Waals surface area contributed by atoms with Gasteiger partial charge in [0.1, 0.15) is 22.9 Å². The van der Waals surface area contributed by atoms with Crippen molar-refractivity contribution in [1.29, 1.82) is 0 Å². The lowest BCUT2D eigenvalue weighted by molar-refractivity contribution is 0.660. The van der Waals surface area contributed by atoms with E-state index in [9.17, 15) is 0 Å². The number of allylic oxidation sites excluding steroid dienone is 2. The smallest absolute Gasteiger partial charge is 0.235 e. The van der Waals surface area contributed by atoms with E-state index < -0.39 is 0 Å². The van der Waals surface area contributed by atoms with Gasteiger partial charge in [0.2, 0.25) is 17.1 Å². The third-order valence-electron chi connectivity index (χ3n) is 9.91. The van der Waals surface area contributed by atoms with E-state index in [1.54, 1.807) is 0 Å². The number of rotatable bonds is 1. The average Bonchev–Trinajstić information content (AvgIpc) is 3.64. The highest BCUT2D eigenvalue weighted by molar-refractivity contribution is 6.25. The molecule has 3 heterocycles. The first-order chi connectivity index (χ1) is 20.6. The van der Waals surface area contributed by atoms with Crippen molar-refractivity contribution in [2.75, 3.05) is 4.90 Å². The molecule has 0 spiro atoms. The Morgan fingerprint density at radius 1 is 0.738 bits per heavy atom. The summed E-state index contributed by atoms with van der Waals surface area (Å²) in [5.41, 5.74) is 16.1. The molecule has 2 aliphatic heterocycles. The van der Waals surface area contributed by atoms with Crippen LogP contribution >= 0.6 is 0 Å². The topological polar surface area (TPSA) is 19.4 Å². The van der Waals surface area contributed by atoms with Crippen LogP contribution in [0.25, 0.3) is 38.6 Å². The summed E-state index contributed by atoms with van der Waals surface area (Å²) in [7, 11) is 0. The zero-order valence-corrected chi connectivity index (χ0v) is 23.4. The Kier molecular flexibility index (Phi) is 4.06. The van der Waals surface area contributed by atoms with E-state index in [0.29, 0.717) is 0 Å². The van der Waals surface area contributed by atoms with Crippen molar-refractivity contribution in [2.24, 2.45) is 0 Å². The number of fused-ring (bicyclic) bond motifs is 12. The predicted molar refractivity (Wildman–Crippen MR) is 174 cm³/mol. The summed E-state index contributed by atoms with van der Waals surface area (Å²) in [6.07, 6.45) is 6.84. The lowest BCUT2D eigenvalue weighted by Gasteiger charge is -2.32. The van der Waals surface area contributed by atoms with Crippen molar-refractivity contribution < 1.29 is 4.42 Å². The SMILES string of the molecule is CC1(C)c2ccccc2-c2ccc([N+]3=C4C=CC=C5c6c(ccc7oc8ccccc8c67)N(c6ccccc63)C54)cc21. The van der Waals surface area contributed by atoms with Crippen LogP contribution in [-0.4, -0.2) is 11.8 Å². The van der Waals surface area contributed by atoms with Crippen molar-refractivity contribution in [2.45, 2.75) is 25.3 Å². The maximum atomic E-state index is 6.34.